The molecule has 0 saturated carbocycles. The van der Waals surface area contributed by atoms with Crippen LogP contribution in [0, 0.1) is 20.2 Å². The maximum atomic E-state index is 13.4. The maximum absolute atomic E-state index is 13.4. The normalized spacial score (nSPS) is 10.7. The van der Waals surface area contributed by atoms with Gasteiger partial charge in [-0.05, 0) is 39.2 Å². The van der Waals surface area contributed by atoms with Gasteiger partial charge < -0.3 is 9.64 Å². The summed E-state index contributed by atoms with van der Waals surface area (Å²) in [5.41, 5.74) is -0.615. The van der Waals surface area contributed by atoms with Crippen molar-refractivity contribution in [1.82, 2.24) is 9.88 Å². The first kappa shape index (κ1) is 25.9. The number of para-hydroxylation sites is 1. The molecule has 0 saturated heterocycles. The van der Waals surface area contributed by atoms with Gasteiger partial charge in [-0.2, -0.15) is 0 Å². The van der Waals surface area contributed by atoms with E-state index < -0.39 is 27.1 Å². The number of ether oxygens (including phenoxy) is 1. The van der Waals surface area contributed by atoms with E-state index in [9.17, 15) is 25.0 Å². The van der Waals surface area contributed by atoms with Gasteiger partial charge in [0.05, 0.1) is 33.3 Å². The number of carbonyl (C=O) groups is 1. The number of anilines is 1. The van der Waals surface area contributed by atoms with Crippen molar-refractivity contribution >= 4 is 56.4 Å². The van der Waals surface area contributed by atoms with Crippen LogP contribution in [-0.2, 0) is 0 Å². The van der Waals surface area contributed by atoms with Crippen molar-refractivity contribution < 1.29 is 19.4 Å². The van der Waals surface area contributed by atoms with Crippen molar-refractivity contribution in [2.24, 2.45) is 0 Å². The minimum Gasteiger partial charge on any atom is -0.494 e. The lowest BCUT2D eigenvalue weighted by Gasteiger charge is -2.21. The Bertz CT molecular complexity index is 1150. The number of aromatic nitrogens is 1. The van der Waals surface area contributed by atoms with Gasteiger partial charge in [0.25, 0.3) is 17.3 Å². The fraction of sp³-hybridized carbons (Fsp3) is 0.300. The van der Waals surface area contributed by atoms with Crippen molar-refractivity contribution in [1.29, 1.82) is 0 Å². The zero-order valence-electron chi connectivity index (χ0n) is 18.1. The Hall–Kier alpha value is -3.35. The van der Waals surface area contributed by atoms with Gasteiger partial charge in [-0.1, -0.05) is 17.4 Å². The number of rotatable bonds is 9. The Balaban J connectivity index is 0.00000385. The molecule has 0 atom stereocenters. The summed E-state index contributed by atoms with van der Waals surface area (Å²) in [6.07, 6.45) is 0.600. The van der Waals surface area contributed by atoms with Crippen LogP contribution in [0.3, 0.4) is 0 Å². The lowest BCUT2D eigenvalue weighted by molar-refractivity contribution is -0.394. The summed E-state index contributed by atoms with van der Waals surface area (Å²) in [6, 6.07) is 8.33. The van der Waals surface area contributed by atoms with E-state index >= 15 is 0 Å². The maximum Gasteiger partial charge on any atom is 0.277 e. The summed E-state index contributed by atoms with van der Waals surface area (Å²) in [4.78, 5) is 42.3. The highest BCUT2D eigenvalue weighted by atomic mass is 35.5. The van der Waals surface area contributed by atoms with Gasteiger partial charge >= 0.3 is 0 Å². The van der Waals surface area contributed by atoms with Gasteiger partial charge in [-0.15, -0.1) is 12.4 Å². The molecule has 0 aliphatic rings. The first-order valence-electron chi connectivity index (χ1n) is 9.55. The van der Waals surface area contributed by atoms with Crippen molar-refractivity contribution in [2.75, 3.05) is 39.2 Å². The molecule has 0 N–H and O–H groups in total. The minimum atomic E-state index is -0.761. The van der Waals surface area contributed by atoms with Crippen LogP contribution in [0.5, 0.6) is 5.75 Å². The van der Waals surface area contributed by atoms with E-state index in [2.05, 4.69) is 4.98 Å². The third-order valence-electron chi connectivity index (χ3n) is 4.62. The lowest BCUT2D eigenvalue weighted by atomic mass is 10.1. The number of hydrogen-bond acceptors (Lipinski definition) is 9. The Kier molecular flexibility index (Phi) is 8.63. The van der Waals surface area contributed by atoms with Crippen LogP contribution < -0.4 is 9.64 Å². The van der Waals surface area contributed by atoms with Crippen molar-refractivity contribution in [2.45, 2.75) is 6.42 Å². The van der Waals surface area contributed by atoms with E-state index in [1.54, 1.807) is 6.07 Å². The zero-order chi connectivity index (χ0) is 23.4. The van der Waals surface area contributed by atoms with E-state index in [0.717, 1.165) is 22.9 Å². The number of fused-ring (bicyclic) bond motifs is 1. The number of nitro benzene ring substituents is 2. The molecule has 0 unspecified atom stereocenters. The number of hydrogen-bond donors (Lipinski definition) is 0. The Labute approximate surface area is 199 Å². The molecule has 3 aromatic rings. The minimum absolute atomic E-state index is 0. The van der Waals surface area contributed by atoms with Crippen molar-refractivity contribution in [3.63, 3.8) is 0 Å². The number of carbonyl (C=O) groups excluding carboxylic acids is 1. The van der Waals surface area contributed by atoms with Gasteiger partial charge in [-0.3, -0.25) is 29.9 Å². The zero-order valence-corrected chi connectivity index (χ0v) is 19.7. The summed E-state index contributed by atoms with van der Waals surface area (Å²) < 4.78 is 6.15. The molecule has 33 heavy (non-hydrogen) atoms. The number of thiazole rings is 1. The summed E-state index contributed by atoms with van der Waals surface area (Å²) in [5, 5.41) is 22.9. The molecule has 1 amide bonds. The number of non-ortho nitro benzene ring substituents is 2. The average molecular weight is 496 g/mol. The number of benzene rings is 2. The molecular weight excluding hydrogens is 474 g/mol. The molecule has 0 spiro atoms. The van der Waals surface area contributed by atoms with Crippen LogP contribution >= 0.6 is 23.7 Å². The second kappa shape index (κ2) is 11.0. The standard InChI is InChI=1S/C20H21N5O6S.ClH/c1-22(2)8-5-9-23(20-21-18-16(31-3)6-4-7-17(18)32-20)19(26)13-10-14(24(27)28)12-15(11-13)25(29)30;/h4,6-7,10-12H,5,8-9H2,1-3H3;1H. The number of amides is 1. The van der Waals surface area contributed by atoms with E-state index in [0.29, 0.717) is 29.4 Å². The van der Waals surface area contributed by atoms with E-state index in [-0.39, 0.29) is 24.5 Å². The van der Waals surface area contributed by atoms with Crippen LogP contribution in [-0.4, -0.2) is 59.9 Å². The molecule has 176 valence electrons. The Morgan fingerprint density at radius 2 is 1.73 bits per heavy atom. The second-order valence-corrected chi connectivity index (χ2v) is 8.18. The molecule has 0 radical (unpaired) electrons. The smallest absolute Gasteiger partial charge is 0.277 e. The largest absolute Gasteiger partial charge is 0.494 e. The number of methoxy groups -OCH3 is 1. The summed E-state index contributed by atoms with van der Waals surface area (Å²) in [7, 11) is 5.33. The topological polar surface area (TPSA) is 132 Å². The summed E-state index contributed by atoms with van der Waals surface area (Å²) in [6.45, 7) is 0.961. The highest BCUT2D eigenvalue weighted by molar-refractivity contribution is 7.22. The molecule has 11 nitrogen and oxygen atoms in total. The third kappa shape index (κ3) is 5.92. The summed E-state index contributed by atoms with van der Waals surface area (Å²) >= 11 is 1.27. The predicted molar refractivity (Wildman–Crippen MR) is 128 cm³/mol. The highest BCUT2D eigenvalue weighted by Crippen LogP contribution is 2.35. The number of halogens is 1. The Morgan fingerprint density at radius 3 is 2.27 bits per heavy atom. The van der Waals surface area contributed by atoms with Crippen LogP contribution in [0.2, 0.25) is 0 Å². The first-order chi connectivity index (χ1) is 15.2. The third-order valence-corrected chi connectivity index (χ3v) is 5.67. The quantitative estimate of drug-likeness (QED) is 0.319. The summed E-state index contributed by atoms with van der Waals surface area (Å²) in [5.74, 6) is -0.0507. The van der Waals surface area contributed by atoms with Gasteiger partial charge in [0.2, 0.25) is 0 Å². The molecule has 3 rings (SSSR count). The molecule has 0 aliphatic heterocycles. The van der Waals surface area contributed by atoms with Crippen molar-refractivity contribution in [3.8, 4) is 5.75 Å². The molecule has 1 aromatic heterocycles. The van der Waals surface area contributed by atoms with Crippen molar-refractivity contribution in [3.05, 3.63) is 62.2 Å². The SMILES string of the molecule is COc1cccc2sc(N(CCCN(C)C)C(=O)c3cc([N+](=O)[O-])cc([N+](=O)[O-])c3)nc12.Cl. The van der Waals surface area contributed by atoms with Gasteiger partial charge in [0, 0.05) is 18.7 Å². The average Bonchev–Trinajstić information content (AvgIpc) is 3.19. The van der Waals surface area contributed by atoms with Crippen LogP contribution in [0.4, 0.5) is 16.5 Å². The number of nitrogens with zero attached hydrogens (tertiary/aromatic N) is 5. The second-order valence-electron chi connectivity index (χ2n) is 7.17. The number of nitro groups is 2. The molecule has 0 aliphatic carbocycles. The Morgan fingerprint density at radius 1 is 1.09 bits per heavy atom. The molecule has 1 heterocycles. The van der Waals surface area contributed by atoms with Crippen LogP contribution in [0.15, 0.2) is 36.4 Å². The van der Waals surface area contributed by atoms with Gasteiger partial charge in [-0.25, -0.2) is 4.98 Å². The monoisotopic (exact) mass is 495 g/mol. The fourth-order valence-electron chi connectivity index (χ4n) is 3.11. The molecule has 2 aromatic carbocycles. The highest BCUT2D eigenvalue weighted by Gasteiger charge is 2.26. The van der Waals surface area contributed by atoms with E-state index in [1.165, 1.54) is 23.3 Å². The van der Waals surface area contributed by atoms with Gasteiger partial charge in [0.1, 0.15) is 11.3 Å². The van der Waals surface area contributed by atoms with E-state index in [1.807, 2.05) is 31.1 Å². The lowest BCUT2D eigenvalue weighted by Crippen LogP contribution is -2.33. The fourth-order valence-corrected chi connectivity index (χ4v) is 4.11. The van der Waals surface area contributed by atoms with E-state index in [4.69, 9.17) is 4.74 Å². The van der Waals surface area contributed by atoms with Gasteiger partial charge in [0.15, 0.2) is 5.13 Å². The predicted octanol–water partition coefficient (Wildman–Crippen LogP) is 4.14. The van der Waals surface area contributed by atoms with Crippen LogP contribution in [0.25, 0.3) is 10.2 Å². The molecule has 0 bridgehead atoms. The molecule has 13 heteroatoms. The van der Waals surface area contributed by atoms with Crippen LogP contribution in [0.1, 0.15) is 16.8 Å². The first-order valence-corrected chi connectivity index (χ1v) is 10.4. The molecule has 0 fully saturated rings. The molecular formula is C20H22ClN5O6S.